The highest BCUT2D eigenvalue weighted by molar-refractivity contribution is 7.10. The van der Waals surface area contributed by atoms with Crippen LogP contribution < -0.4 is 5.32 Å². The predicted octanol–water partition coefficient (Wildman–Crippen LogP) is 2.39. The molecule has 0 aliphatic carbocycles. The van der Waals surface area contributed by atoms with E-state index in [1.807, 2.05) is 18.4 Å². The normalized spacial score (nSPS) is 19.9. The summed E-state index contributed by atoms with van der Waals surface area (Å²) in [5.41, 5.74) is 1.50. The summed E-state index contributed by atoms with van der Waals surface area (Å²) in [6.07, 6.45) is 2.52. The van der Waals surface area contributed by atoms with Gasteiger partial charge in [0.15, 0.2) is 0 Å². The minimum atomic E-state index is 0. The van der Waals surface area contributed by atoms with Gasteiger partial charge in [0.25, 0.3) is 0 Å². The fraction of sp³-hybridized carbons (Fsp3) is 0.600. The molecular formula is C10H16ClNOS. The number of thiophene rings is 1. The van der Waals surface area contributed by atoms with E-state index in [2.05, 4.69) is 16.8 Å². The number of ether oxygens (including phenoxy) is 1. The van der Waals surface area contributed by atoms with Crippen molar-refractivity contribution < 1.29 is 4.74 Å². The molecule has 1 atom stereocenters. The fourth-order valence-corrected chi connectivity index (χ4v) is 2.75. The summed E-state index contributed by atoms with van der Waals surface area (Å²) in [4.78, 5) is 1.45. The minimum absolute atomic E-state index is 0. The highest BCUT2D eigenvalue weighted by Gasteiger charge is 2.21. The molecular weight excluding hydrogens is 218 g/mol. The van der Waals surface area contributed by atoms with Gasteiger partial charge in [0.05, 0.1) is 12.7 Å². The van der Waals surface area contributed by atoms with Crippen LogP contribution in [-0.2, 0) is 11.2 Å². The van der Waals surface area contributed by atoms with Crippen molar-refractivity contribution in [2.24, 2.45) is 0 Å². The van der Waals surface area contributed by atoms with Crippen LogP contribution in [-0.4, -0.2) is 20.2 Å². The summed E-state index contributed by atoms with van der Waals surface area (Å²) >= 11 is 1.83. The number of hydrogen-bond donors (Lipinski definition) is 1. The average molecular weight is 234 g/mol. The van der Waals surface area contributed by atoms with E-state index in [0.29, 0.717) is 6.10 Å². The molecule has 0 saturated carbocycles. The molecule has 1 aromatic rings. The number of halogens is 1. The number of rotatable bonds is 3. The van der Waals surface area contributed by atoms with Gasteiger partial charge in [-0.3, -0.25) is 0 Å². The molecule has 2 rings (SSSR count). The maximum Gasteiger partial charge on any atom is 0.0931 e. The number of nitrogens with one attached hydrogen (secondary N) is 1. The molecule has 14 heavy (non-hydrogen) atoms. The van der Waals surface area contributed by atoms with Crippen molar-refractivity contribution in [2.75, 3.05) is 20.2 Å². The lowest BCUT2D eigenvalue weighted by Gasteiger charge is -2.22. The minimum Gasteiger partial charge on any atom is -0.372 e. The van der Waals surface area contributed by atoms with E-state index in [-0.39, 0.29) is 12.4 Å². The van der Waals surface area contributed by atoms with Crippen molar-refractivity contribution in [3.05, 3.63) is 21.9 Å². The third kappa shape index (κ3) is 2.48. The Labute approximate surface area is 95.1 Å². The predicted molar refractivity (Wildman–Crippen MR) is 62.5 cm³/mol. The van der Waals surface area contributed by atoms with E-state index >= 15 is 0 Å². The van der Waals surface area contributed by atoms with E-state index in [1.165, 1.54) is 10.4 Å². The van der Waals surface area contributed by atoms with Crippen LogP contribution in [0, 0.1) is 0 Å². The molecule has 1 unspecified atom stereocenters. The maximum atomic E-state index is 5.74. The van der Waals surface area contributed by atoms with Gasteiger partial charge in [-0.1, -0.05) is 0 Å². The van der Waals surface area contributed by atoms with Crippen molar-refractivity contribution in [3.63, 3.8) is 0 Å². The molecule has 2 heterocycles. The van der Waals surface area contributed by atoms with Gasteiger partial charge < -0.3 is 10.1 Å². The first kappa shape index (κ1) is 12.0. The highest BCUT2D eigenvalue weighted by Crippen LogP contribution is 2.33. The molecule has 1 N–H and O–H groups in total. The smallest absolute Gasteiger partial charge is 0.0931 e. The van der Waals surface area contributed by atoms with E-state index in [9.17, 15) is 0 Å². The first-order valence-electron chi connectivity index (χ1n) is 4.74. The van der Waals surface area contributed by atoms with E-state index in [0.717, 1.165) is 26.0 Å². The summed E-state index contributed by atoms with van der Waals surface area (Å²) < 4.78 is 5.74. The van der Waals surface area contributed by atoms with Crippen LogP contribution in [0.1, 0.15) is 23.0 Å². The van der Waals surface area contributed by atoms with Crippen LogP contribution in [0.25, 0.3) is 0 Å². The molecule has 1 aromatic heterocycles. The van der Waals surface area contributed by atoms with Gasteiger partial charge in [0.1, 0.15) is 0 Å². The first-order valence-corrected chi connectivity index (χ1v) is 5.62. The van der Waals surface area contributed by atoms with Crippen molar-refractivity contribution in [1.82, 2.24) is 5.32 Å². The molecule has 2 nitrogen and oxygen atoms in total. The summed E-state index contributed by atoms with van der Waals surface area (Å²) in [5, 5.41) is 5.33. The Hall–Kier alpha value is -0.0900. The van der Waals surface area contributed by atoms with Crippen LogP contribution in [0.2, 0.25) is 0 Å². The Morgan fingerprint density at radius 2 is 2.50 bits per heavy atom. The first-order chi connectivity index (χ1) is 6.42. The molecule has 80 valence electrons. The van der Waals surface area contributed by atoms with Gasteiger partial charge in [-0.2, -0.15) is 0 Å². The summed E-state index contributed by atoms with van der Waals surface area (Å²) in [7, 11) is 1.98. The van der Waals surface area contributed by atoms with Gasteiger partial charge in [0.2, 0.25) is 0 Å². The van der Waals surface area contributed by atoms with Crippen molar-refractivity contribution in [3.8, 4) is 0 Å². The Balaban J connectivity index is 0.000000980. The molecule has 0 spiro atoms. The number of hydrogen-bond acceptors (Lipinski definition) is 3. The van der Waals surface area contributed by atoms with E-state index in [4.69, 9.17) is 4.74 Å². The molecule has 0 radical (unpaired) electrons. The quantitative estimate of drug-likeness (QED) is 0.866. The van der Waals surface area contributed by atoms with E-state index in [1.54, 1.807) is 0 Å². The average Bonchev–Trinajstić information content (AvgIpc) is 2.62. The fourth-order valence-electron chi connectivity index (χ4n) is 1.71. The Morgan fingerprint density at radius 1 is 1.64 bits per heavy atom. The van der Waals surface area contributed by atoms with Crippen LogP contribution in [0.3, 0.4) is 0 Å². The zero-order valence-electron chi connectivity index (χ0n) is 8.29. The lowest BCUT2D eigenvalue weighted by Crippen LogP contribution is -2.18. The SMILES string of the molecule is CNCCC1OCCc2ccsc21.Cl. The lowest BCUT2D eigenvalue weighted by molar-refractivity contribution is 0.0401. The third-order valence-corrected chi connectivity index (χ3v) is 3.47. The second-order valence-corrected chi connectivity index (χ2v) is 4.26. The van der Waals surface area contributed by atoms with Crippen molar-refractivity contribution >= 4 is 23.7 Å². The lowest BCUT2D eigenvalue weighted by atomic mass is 10.1. The summed E-state index contributed by atoms with van der Waals surface area (Å²) in [5.74, 6) is 0. The molecule has 1 aliphatic heterocycles. The van der Waals surface area contributed by atoms with Crippen molar-refractivity contribution in [1.29, 1.82) is 0 Å². The standard InChI is InChI=1S/C10H15NOS.ClH/c1-11-5-2-9-10-8(3-6-12-9)4-7-13-10;/h4,7,9,11H,2-3,5-6H2,1H3;1H. The molecule has 0 amide bonds. The highest BCUT2D eigenvalue weighted by atomic mass is 35.5. The Bertz CT molecular complexity index is 277. The number of fused-ring (bicyclic) bond motifs is 1. The van der Waals surface area contributed by atoms with Crippen molar-refractivity contribution in [2.45, 2.75) is 18.9 Å². The zero-order valence-corrected chi connectivity index (χ0v) is 9.92. The van der Waals surface area contributed by atoms with Crippen LogP contribution in [0.4, 0.5) is 0 Å². The van der Waals surface area contributed by atoms with Gasteiger partial charge in [-0.25, -0.2) is 0 Å². The van der Waals surface area contributed by atoms with Crippen LogP contribution in [0.15, 0.2) is 11.4 Å². The molecule has 4 heteroatoms. The van der Waals surface area contributed by atoms with Gasteiger partial charge in [-0.15, -0.1) is 23.7 Å². The van der Waals surface area contributed by atoms with Gasteiger partial charge >= 0.3 is 0 Å². The molecule has 0 aromatic carbocycles. The summed E-state index contributed by atoms with van der Waals surface area (Å²) in [6, 6.07) is 2.23. The van der Waals surface area contributed by atoms with Crippen LogP contribution in [0.5, 0.6) is 0 Å². The van der Waals surface area contributed by atoms with Gasteiger partial charge in [-0.05, 0) is 43.4 Å². The second-order valence-electron chi connectivity index (χ2n) is 3.31. The summed E-state index contributed by atoms with van der Waals surface area (Å²) in [6.45, 7) is 1.92. The largest absolute Gasteiger partial charge is 0.372 e. The van der Waals surface area contributed by atoms with E-state index < -0.39 is 0 Å². The Morgan fingerprint density at radius 3 is 3.29 bits per heavy atom. The zero-order chi connectivity index (χ0) is 9.10. The Kier molecular flexibility index (Phi) is 4.89. The monoisotopic (exact) mass is 233 g/mol. The second kappa shape index (κ2) is 5.71. The molecule has 0 bridgehead atoms. The van der Waals surface area contributed by atoms with Crippen LogP contribution >= 0.6 is 23.7 Å². The molecule has 1 aliphatic rings. The molecule has 0 fully saturated rings. The van der Waals surface area contributed by atoms with Gasteiger partial charge in [0, 0.05) is 4.88 Å². The molecule has 0 saturated heterocycles. The topological polar surface area (TPSA) is 21.3 Å². The third-order valence-electron chi connectivity index (χ3n) is 2.42. The maximum absolute atomic E-state index is 5.74.